The highest BCUT2D eigenvalue weighted by Crippen LogP contribution is 2.12. The van der Waals surface area contributed by atoms with Crippen molar-refractivity contribution in [1.29, 1.82) is 0 Å². The summed E-state index contributed by atoms with van der Waals surface area (Å²) in [6.45, 7) is 1.67. The van der Waals surface area contributed by atoms with Gasteiger partial charge in [-0.3, -0.25) is 0 Å². The summed E-state index contributed by atoms with van der Waals surface area (Å²) < 4.78 is 22.4. The van der Waals surface area contributed by atoms with Crippen LogP contribution in [-0.4, -0.2) is 25.9 Å². The summed E-state index contributed by atoms with van der Waals surface area (Å²) in [5.41, 5.74) is 0.836. The highest BCUT2D eigenvalue weighted by Gasteiger charge is 2.07. The summed E-state index contributed by atoms with van der Waals surface area (Å²) in [4.78, 5) is 0.302. The van der Waals surface area contributed by atoms with Crippen LogP contribution in [-0.2, 0) is 16.3 Å². The third kappa shape index (κ3) is 3.12. The lowest BCUT2D eigenvalue weighted by atomic mass is 10.1. The molecule has 0 saturated heterocycles. The molecule has 0 heterocycles. The smallest absolute Gasteiger partial charge is 0.175 e. The molecule has 78 valence electrons. The van der Waals surface area contributed by atoms with Crippen molar-refractivity contribution in [3.8, 4) is 0 Å². The second kappa shape index (κ2) is 4.11. The van der Waals surface area contributed by atoms with Crippen molar-refractivity contribution < 1.29 is 13.5 Å². The van der Waals surface area contributed by atoms with Crippen LogP contribution in [0.3, 0.4) is 0 Å². The van der Waals surface area contributed by atoms with E-state index in [0.29, 0.717) is 11.3 Å². The van der Waals surface area contributed by atoms with Crippen LogP contribution in [0.25, 0.3) is 0 Å². The van der Waals surface area contributed by atoms with Gasteiger partial charge in [-0.25, -0.2) is 8.42 Å². The molecule has 14 heavy (non-hydrogen) atoms. The number of benzene rings is 1. The molecule has 0 bridgehead atoms. The fourth-order valence-corrected chi connectivity index (χ4v) is 1.94. The van der Waals surface area contributed by atoms with E-state index in [0.717, 1.165) is 5.56 Å². The predicted molar refractivity (Wildman–Crippen MR) is 54.9 cm³/mol. The van der Waals surface area contributed by atoms with Gasteiger partial charge >= 0.3 is 0 Å². The number of hydrogen-bond acceptors (Lipinski definition) is 3. The van der Waals surface area contributed by atoms with Gasteiger partial charge in [0.1, 0.15) is 0 Å². The van der Waals surface area contributed by atoms with Gasteiger partial charge in [-0.2, -0.15) is 0 Å². The average Bonchev–Trinajstić information content (AvgIpc) is 2.01. The van der Waals surface area contributed by atoms with Crippen molar-refractivity contribution in [2.75, 3.05) is 6.26 Å². The van der Waals surface area contributed by atoms with E-state index in [4.69, 9.17) is 5.11 Å². The highest BCUT2D eigenvalue weighted by molar-refractivity contribution is 7.90. The molecule has 0 aliphatic carbocycles. The number of aliphatic hydroxyl groups excluding tert-OH is 1. The molecule has 1 N–H and O–H groups in total. The first-order valence-corrected chi connectivity index (χ1v) is 6.26. The zero-order valence-corrected chi connectivity index (χ0v) is 9.08. The molecule has 0 radical (unpaired) electrons. The molecule has 0 saturated carbocycles. The number of sulfone groups is 1. The third-order valence-corrected chi connectivity index (χ3v) is 2.97. The second-order valence-electron chi connectivity index (χ2n) is 3.47. The van der Waals surface area contributed by atoms with Crippen LogP contribution in [0.2, 0.25) is 0 Å². The van der Waals surface area contributed by atoms with Gasteiger partial charge in [-0.1, -0.05) is 12.1 Å². The molecule has 0 unspecified atom stereocenters. The van der Waals surface area contributed by atoms with E-state index in [1.54, 1.807) is 31.2 Å². The topological polar surface area (TPSA) is 54.4 Å². The fraction of sp³-hybridized carbons (Fsp3) is 0.400. The first-order valence-electron chi connectivity index (χ1n) is 4.36. The Morgan fingerprint density at radius 2 is 2.07 bits per heavy atom. The lowest BCUT2D eigenvalue weighted by molar-refractivity contribution is 0.195. The van der Waals surface area contributed by atoms with Gasteiger partial charge in [0.25, 0.3) is 0 Å². The lowest BCUT2D eigenvalue weighted by Gasteiger charge is -2.05. The van der Waals surface area contributed by atoms with E-state index in [1.165, 1.54) is 6.26 Å². The van der Waals surface area contributed by atoms with E-state index in [1.807, 2.05) is 0 Å². The molecule has 0 fully saturated rings. The van der Waals surface area contributed by atoms with Gasteiger partial charge in [0.2, 0.25) is 0 Å². The fourth-order valence-electron chi connectivity index (χ4n) is 1.24. The molecule has 0 aliphatic heterocycles. The molecule has 1 atom stereocenters. The summed E-state index contributed by atoms with van der Waals surface area (Å²) in [6, 6.07) is 6.65. The molecule has 0 aliphatic rings. The van der Waals surface area contributed by atoms with Gasteiger partial charge in [-0.05, 0) is 31.0 Å². The molecule has 0 aromatic heterocycles. The maximum atomic E-state index is 11.2. The monoisotopic (exact) mass is 214 g/mol. The van der Waals surface area contributed by atoms with E-state index < -0.39 is 15.9 Å². The Morgan fingerprint density at radius 1 is 1.43 bits per heavy atom. The van der Waals surface area contributed by atoms with E-state index in [2.05, 4.69) is 0 Å². The summed E-state index contributed by atoms with van der Waals surface area (Å²) in [5.74, 6) is 0. The molecule has 0 spiro atoms. The third-order valence-electron chi connectivity index (χ3n) is 1.86. The molecule has 1 aromatic rings. The Balaban J connectivity index is 3.02. The minimum Gasteiger partial charge on any atom is -0.393 e. The van der Waals surface area contributed by atoms with Crippen LogP contribution in [0.1, 0.15) is 12.5 Å². The molecule has 4 heteroatoms. The molecule has 1 aromatic carbocycles. The van der Waals surface area contributed by atoms with Gasteiger partial charge in [-0.15, -0.1) is 0 Å². The highest BCUT2D eigenvalue weighted by atomic mass is 32.2. The first-order chi connectivity index (χ1) is 6.39. The SMILES string of the molecule is C[C@@H](O)Cc1cccc(S(C)(=O)=O)c1. The summed E-state index contributed by atoms with van der Waals surface area (Å²) in [6.07, 6.45) is 1.20. The molecular weight excluding hydrogens is 200 g/mol. The minimum absolute atomic E-state index is 0.302. The van der Waals surface area contributed by atoms with Gasteiger partial charge < -0.3 is 5.11 Å². The van der Waals surface area contributed by atoms with Crippen molar-refractivity contribution in [2.45, 2.75) is 24.3 Å². The van der Waals surface area contributed by atoms with Crippen LogP contribution in [0, 0.1) is 0 Å². The average molecular weight is 214 g/mol. The predicted octanol–water partition coefficient (Wildman–Crippen LogP) is 1.01. The Bertz CT molecular complexity index is 407. The van der Waals surface area contributed by atoms with Crippen molar-refractivity contribution >= 4 is 9.84 Å². The zero-order valence-electron chi connectivity index (χ0n) is 8.27. The maximum Gasteiger partial charge on any atom is 0.175 e. The van der Waals surface area contributed by atoms with Crippen molar-refractivity contribution in [3.05, 3.63) is 29.8 Å². The molecule has 1 rings (SSSR count). The lowest BCUT2D eigenvalue weighted by Crippen LogP contribution is -2.05. The standard InChI is InChI=1S/C10H14O3S/c1-8(11)6-9-4-3-5-10(7-9)14(2,12)13/h3-5,7-8,11H,6H2,1-2H3/t8-/m1/s1. The van der Waals surface area contributed by atoms with E-state index >= 15 is 0 Å². The summed E-state index contributed by atoms with van der Waals surface area (Å²) >= 11 is 0. The van der Waals surface area contributed by atoms with Crippen LogP contribution >= 0.6 is 0 Å². The van der Waals surface area contributed by atoms with Crippen molar-refractivity contribution in [3.63, 3.8) is 0 Å². The Labute approximate surface area is 84.3 Å². The molecular formula is C10H14O3S. The summed E-state index contributed by atoms with van der Waals surface area (Å²) in [5, 5.41) is 9.15. The second-order valence-corrected chi connectivity index (χ2v) is 5.49. The van der Waals surface area contributed by atoms with Crippen LogP contribution in [0.5, 0.6) is 0 Å². The largest absolute Gasteiger partial charge is 0.393 e. The Hall–Kier alpha value is -0.870. The van der Waals surface area contributed by atoms with E-state index in [-0.39, 0.29) is 0 Å². The number of aliphatic hydroxyl groups is 1. The zero-order chi connectivity index (χ0) is 10.8. The van der Waals surface area contributed by atoms with Crippen LogP contribution < -0.4 is 0 Å². The Morgan fingerprint density at radius 3 is 2.57 bits per heavy atom. The van der Waals surface area contributed by atoms with Crippen molar-refractivity contribution in [2.24, 2.45) is 0 Å². The van der Waals surface area contributed by atoms with Crippen LogP contribution in [0.4, 0.5) is 0 Å². The quantitative estimate of drug-likeness (QED) is 0.817. The Kier molecular flexibility index (Phi) is 3.29. The normalized spacial score (nSPS) is 13.9. The number of hydrogen-bond donors (Lipinski definition) is 1. The number of rotatable bonds is 3. The van der Waals surface area contributed by atoms with Gasteiger partial charge in [0.15, 0.2) is 9.84 Å². The summed E-state index contributed by atoms with van der Waals surface area (Å²) in [7, 11) is -3.14. The first kappa shape index (κ1) is 11.2. The minimum atomic E-state index is -3.14. The maximum absolute atomic E-state index is 11.2. The van der Waals surface area contributed by atoms with Crippen molar-refractivity contribution in [1.82, 2.24) is 0 Å². The van der Waals surface area contributed by atoms with Gasteiger partial charge in [0.05, 0.1) is 11.0 Å². The van der Waals surface area contributed by atoms with Gasteiger partial charge in [0, 0.05) is 6.26 Å². The molecule has 0 amide bonds. The molecule has 3 nitrogen and oxygen atoms in total. The van der Waals surface area contributed by atoms with Crippen LogP contribution in [0.15, 0.2) is 29.2 Å². The van der Waals surface area contributed by atoms with E-state index in [9.17, 15) is 8.42 Å².